The summed E-state index contributed by atoms with van der Waals surface area (Å²) < 4.78 is 0. The number of nitrogens with one attached hydrogen (secondary N) is 1. The van der Waals surface area contributed by atoms with Crippen LogP contribution in [0.5, 0.6) is 0 Å². The second-order valence-corrected chi connectivity index (χ2v) is 8.28. The minimum atomic E-state index is 0.167. The molecule has 1 N–H and O–H groups in total. The summed E-state index contributed by atoms with van der Waals surface area (Å²) in [5.74, 6) is 1.01. The standard InChI is InChI=1S/C21H32N4O/c1-17-13-23(14-18-5-3-2-4-6-18)16-20(17)21(26)25-10-7-19(15-25)24-11-8-22-9-12-24/h2-6,17,19-20,22H,7-16H2,1H3. The van der Waals surface area contributed by atoms with Crippen LogP contribution in [0.1, 0.15) is 18.9 Å². The van der Waals surface area contributed by atoms with Crippen LogP contribution < -0.4 is 5.32 Å². The van der Waals surface area contributed by atoms with Gasteiger partial charge in [0.25, 0.3) is 0 Å². The Balaban J connectivity index is 1.31. The smallest absolute Gasteiger partial charge is 0.227 e. The molecule has 0 spiro atoms. The van der Waals surface area contributed by atoms with E-state index in [0.717, 1.165) is 65.3 Å². The quantitative estimate of drug-likeness (QED) is 0.882. The lowest BCUT2D eigenvalue weighted by molar-refractivity contribution is -0.135. The Morgan fingerprint density at radius 3 is 2.62 bits per heavy atom. The topological polar surface area (TPSA) is 38.8 Å². The highest BCUT2D eigenvalue weighted by molar-refractivity contribution is 5.80. The maximum absolute atomic E-state index is 13.2. The van der Waals surface area contributed by atoms with Crippen molar-refractivity contribution < 1.29 is 4.79 Å². The number of carbonyl (C=O) groups is 1. The van der Waals surface area contributed by atoms with Gasteiger partial charge in [0.2, 0.25) is 5.91 Å². The molecule has 3 saturated heterocycles. The van der Waals surface area contributed by atoms with Gasteiger partial charge in [0, 0.05) is 64.9 Å². The van der Waals surface area contributed by atoms with Crippen LogP contribution in [-0.2, 0) is 11.3 Å². The third kappa shape index (κ3) is 3.95. The number of nitrogens with zero attached hydrogens (tertiary/aromatic N) is 3. The molecule has 1 aromatic carbocycles. The molecule has 5 heteroatoms. The predicted octanol–water partition coefficient (Wildman–Crippen LogP) is 1.26. The number of rotatable bonds is 4. The summed E-state index contributed by atoms with van der Waals surface area (Å²) in [5.41, 5.74) is 1.34. The summed E-state index contributed by atoms with van der Waals surface area (Å²) >= 11 is 0. The van der Waals surface area contributed by atoms with Crippen LogP contribution in [0, 0.1) is 11.8 Å². The van der Waals surface area contributed by atoms with Gasteiger partial charge >= 0.3 is 0 Å². The van der Waals surface area contributed by atoms with Crippen molar-refractivity contribution in [3.05, 3.63) is 35.9 Å². The van der Waals surface area contributed by atoms with Crippen molar-refractivity contribution in [1.29, 1.82) is 0 Å². The molecule has 3 heterocycles. The van der Waals surface area contributed by atoms with Crippen molar-refractivity contribution in [3.63, 3.8) is 0 Å². The molecule has 3 atom stereocenters. The highest BCUT2D eigenvalue weighted by Crippen LogP contribution is 2.28. The van der Waals surface area contributed by atoms with E-state index in [2.05, 4.69) is 57.3 Å². The molecular formula is C21H32N4O. The van der Waals surface area contributed by atoms with Crippen molar-refractivity contribution in [2.24, 2.45) is 11.8 Å². The fourth-order valence-electron chi connectivity index (χ4n) is 4.88. The van der Waals surface area contributed by atoms with Crippen molar-refractivity contribution in [2.75, 3.05) is 52.4 Å². The molecule has 3 unspecified atom stereocenters. The number of amides is 1. The van der Waals surface area contributed by atoms with Gasteiger partial charge in [0.1, 0.15) is 0 Å². The van der Waals surface area contributed by atoms with Gasteiger partial charge in [0.05, 0.1) is 5.92 Å². The Labute approximate surface area is 157 Å². The lowest BCUT2D eigenvalue weighted by atomic mass is 9.97. The lowest BCUT2D eigenvalue weighted by Gasteiger charge is -2.32. The Morgan fingerprint density at radius 2 is 1.85 bits per heavy atom. The SMILES string of the molecule is CC1CN(Cc2ccccc2)CC1C(=O)N1CCC(N2CCNCC2)C1. The summed E-state index contributed by atoms with van der Waals surface area (Å²) in [6.07, 6.45) is 1.14. The maximum atomic E-state index is 13.2. The molecule has 26 heavy (non-hydrogen) atoms. The Hall–Kier alpha value is -1.43. The summed E-state index contributed by atoms with van der Waals surface area (Å²) in [5, 5.41) is 3.42. The first-order chi connectivity index (χ1) is 12.7. The van der Waals surface area contributed by atoms with Gasteiger partial charge < -0.3 is 10.2 Å². The summed E-state index contributed by atoms with van der Waals surface area (Å²) in [6, 6.07) is 11.2. The molecule has 0 saturated carbocycles. The largest absolute Gasteiger partial charge is 0.341 e. The van der Waals surface area contributed by atoms with E-state index in [0.29, 0.717) is 17.9 Å². The monoisotopic (exact) mass is 356 g/mol. The van der Waals surface area contributed by atoms with E-state index in [-0.39, 0.29) is 5.92 Å². The predicted molar refractivity (Wildman–Crippen MR) is 104 cm³/mol. The van der Waals surface area contributed by atoms with Crippen LogP contribution in [0.4, 0.5) is 0 Å². The van der Waals surface area contributed by atoms with Crippen molar-refractivity contribution >= 4 is 5.91 Å². The van der Waals surface area contributed by atoms with E-state index >= 15 is 0 Å². The van der Waals surface area contributed by atoms with Gasteiger partial charge in [-0.1, -0.05) is 37.3 Å². The molecular weight excluding hydrogens is 324 g/mol. The average Bonchev–Trinajstić information content (AvgIpc) is 3.30. The number of likely N-dealkylation sites (tertiary alicyclic amines) is 2. The minimum absolute atomic E-state index is 0.167. The minimum Gasteiger partial charge on any atom is -0.341 e. The Kier molecular flexibility index (Phi) is 5.57. The van der Waals surface area contributed by atoms with E-state index < -0.39 is 0 Å². The first-order valence-corrected chi connectivity index (χ1v) is 10.2. The van der Waals surface area contributed by atoms with E-state index in [1.165, 1.54) is 5.56 Å². The van der Waals surface area contributed by atoms with Gasteiger partial charge in [-0.25, -0.2) is 0 Å². The van der Waals surface area contributed by atoms with Crippen LogP contribution in [0.2, 0.25) is 0 Å². The van der Waals surface area contributed by atoms with Gasteiger partial charge in [-0.15, -0.1) is 0 Å². The highest BCUT2D eigenvalue weighted by Gasteiger charge is 2.39. The normalized spacial score (nSPS) is 30.8. The number of benzene rings is 1. The van der Waals surface area contributed by atoms with E-state index in [1.807, 2.05) is 0 Å². The van der Waals surface area contributed by atoms with E-state index in [4.69, 9.17) is 0 Å². The zero-order valence-corrected chi connectivity index (χ0v) is 15.9. The molecule has 3 fully saturated rings. The maximum Gasteiger partial charge on any atom is 0.227 e. The third-order valence-corrected chi connectivity index (χ3v) is 6.40. The first kappa shape index (κ1) is 18.0. The molecule has 1 amide bonds. The number of piperazine rings is 1. The molecule has 4 rings (SSSR count). The third-order valence-electron chi connectivity index (χ3n) is 6.40. The molecule has 0 bridgehead atoms. The van der Waals surface area contributed by atoms with Crippen LogP contribution in [-0.4, -0.2) is 79.0 Å². The van der Waals surface area contributed by atoms with Crippen LogP contribution in [0.3, 0.4) is 0 Å². The van der Waals surface area contributed by atoms with Crippen molar-refractivity contribution in [1.82, 2.24) is 20.0 Å². The zero-order valence-electron chi connectivity index (χ0n) is 15.9. The zero-order chi connectivity index (χ0) is 17.9. The first-order valence-electron chi connectivity index (χ1n) is 10.2. The number of hydrogen-bond donors (Lipinski definition) is 1. The van der Waals surface area contributed by atoms with Crippen LogP contribution in [0.25, 0.3) is 0 Å². The Morgan fingerprint density at radius 1 is 1.08 bits per heavy atom. The van der Waals surface area contributed by atoms with Crippen LogP contribution in [0.15, 0.2) is 30.3 Å². The summed E-state index contributed by atoms with van der Waals surface area (Å²) in [4.78, 5) is 20.3. The molecule has 3 aliphatic heterocycles. The summed E-state index contributed by atoms with van der Waals surface area (Å²) in [7, 11) is 0. The second-order valence-electron chi connectivity index (χ2n) is 8.28. The van der Waals surface area contributed by atoms with Gasteiger partial charge in [0.15, 0.2) is 0 Å². The van der Waals surface area contributed by atoms with E-state index in [9.17, 15) is 4.79 Å². The second kappa shape index (κ2) is 8.07. The van der Waals surface area contributed by atoms with Crippen LogP contribution >= 0.6 is 0 Å². The number of carbonyl (C=O) groups excluding carboxylic acids is 1. The van der Waals surface area contributed by atoms with Crippen molar-refractivity contribution in [2.45, 2.75) is 25.9 Å². The fraction of sp³-hybridized carbons (Fsp3) is 0.667. The van der Waals surface area contributed by atoms with Gasteiger partial charge in [-0.2, -0.15) is 0 Å². The molecule has 1 aromatic rings. The molecule has 0 radical (unpaired) electrons. The lowest BCUT2D eigenvalue weighted by Crippen LogP contribution is -2.49. The fourth-order valence-corrected chi connectivity index (χ4v) is 4.88. The highest BCUT2D eigenvalue weighted by atomic mass is 16.2. The molecule has 3 aliphatic rings. The summed E-state index contributed by atoms with van der Waals surface area (Å²) in [6.45, 7) is 11.4. The number of hydrogen-bond acceptors (Lipinski definition) is 4. The molecule has 0 aliphatic carbocycles. The van der Waals surface area contributed by atoms with E-state index in [1.54, 1.807) is 0 Å². The Bertz CT molecular complexity index is 601. The van der Waals surface area contributed by atoms with Gasteiger partial charge in [-0.3, -0.25) is 14.6 Å². The van der Waals surface area contributed by atoms with Crippen molar-refractivity contribution in [3.8, 4) is 0 Å². The average molecular weight is 357 g/mol. The molecule has 142 valence electrons. The molecule has 0 aromatic heterocycles. The van der Waals surface area contributed by atoms with Gasteiger partial charge in [-0.05, 0) is 17.9 Å². The molecule has 5 nitrogen and oxygen atoms in total.